The molecule has 17 heavy (non-hydrogen) atoms. The van der Waals surface area contributed by atoms with Crippen LogP contribution in [0.5, 0.6) is 0 Å². The molecule has 0 aromatic rings. The van der Waals surface area contributed by atoms with Gasteiger partial charge >= 0.3 is 5.97 Å². The maximum absolute atomic E-state index is 11.3. The predicted octanol–water partition coefficient (Wildman–Crippen LogP) is 2.78. The van der Waals surface area contributed by atoms with Crippen molar-refractivity contribution in [2.75, 3.05) is 6.54 Å². The average molecular weight is 353 g/mol. The highest BCUT2D eigenvalue weighted by Crippen LogP contribution is 2.23. The average Bonchev–Trinajstić information content (AvgIpc) is 2.09. The van der Waals surface area contributed by atoms with E-state index in [9.17, 15) is 9.59 Å². The summed E-state index contributed by atoms with van der Waals surface area (Å²) in [6, 6.07) is 0. The highest BCUT2D eigenvalue weighted by Gasteiger charge is 2.23. The fourth-order valence-corrected chi connectivity index (χ4v) is 1.11. The van der Waals surface area contributed by atoms with Crippen LogP contribution in [-0.2, 0) is 14.3 Å². The van der Waals surface area contributed by atoms with E-state index in [1.54, 1.807) is 28.8 Å². The van der Waals surface area contributed by atoms with Crippen LogP contribution in [0, 0.1) is 5.41 Å². The maximum atomic E-state index is 11.3. The molecule has 0 aromatic heterocycles. The first-order chi connectivity index (χ1) is 7.54. The second-order valence-electron chi connectivity index (χ2n) is 5.47. The van der Waals surface area contributed by atoms with Gasteiger partial charge in [0.1, 0.15) is 12.1 Å². The molecular weight excluding hydrogens is 333 g/mol. The minimum Gasteiger partial charge on any atom is -0.459 e. The minimum atomic E-state index is -0.482. The molecule has 0 N–H and O–H groups in total. The third-order valence-corrected chi connectivity index (χ3v) is 3.36. The van der Waals surface area contributed by atoms with E-state index in [0.717, 1.165) is 0 Å². The van der Waals surface area contributed by atoms with Crippen molar-refractivity contribution in [2.45, 2.75) is 46.6 Å². The SMILES string of the molecule is CC(C)(C)OC(=O)C/N=C/CC(C)(C)C(=O)I. The van der Waals surface area contributed by atoms with Crippen molar-refractivity contribution in [1.29, 1.82) is 0 Å². The largest absolute Gasteiger partial charge is 0.459 e. The highest BCUT2D eigenvalue weighted by atomic mass is 127. The van der Waals surface area contributed by atoms with E-state index < -0.39 is 11.0 Å². The Morgan fingerprint density at radius 2 is 1.76 bits per heavy atom. The molecule has 5 heteroatoms. The summed E-state index contributed by atoms with van der Waals surface area (Å²) >= 11 is 1.78. The zero-order chi connectivity index (χ0) is 13.7. The number of hydrogen-bond acceptors (Lipinski definition) is 4. The monoisotopic (exact) mass is 353 g/mol. The van der Waals surface area contributed by atoms with Gasteiger partial charge in [-0.05, 0) is 27.2 Å². The quantitative estimate of drug-likeness (QED) is 0.331. The van der Waals surface area contributed by atoms with Crippen LogP contribution in [0.2, 0.25) is 0 Å². The van der Waals surface area contributed by atoms with Gasteiger partial charge in [-0.25, -0.2) is 0 Å². The summed E-state index contributed by atoms with van der Waals surface area (Å²) in [6.45, 7) is 9.14. The third kappa shape index (κ3) is 8.29. The Hall–Kier alpha value is -0.460. The highest BCUT2D eigenvalue weighted by molar-refractivity contribution is 14.1. The molecule has 0 fully saturated rings. The van der Waals surface area contributed by atoms with Crippen LogP contribution in [0.4, 0.5) is 0 Å². The van der Waals surface area contributed by atoms with Gasteiger partial charge in [-0.1, -0.05) is 13.8 Å². The topological polar surface area (TPSA) is 55.7 Å². The first-order valence-corrected chi connectivity index (χ1v) is 6.52. The van der Waals surface area contributed by atoms with Gasteiger partial charge in [0, 0.05) is 34.2 Å². The smallest absolute Gasteiger partial charge is 0.328 e. The molecule has 0 spiro atoms. The number of carbonyl (C=O) groups excluding carboxylic acids is 2. The summed E-state index contributed by atoms with van der Waals surface area (Å²) in [4.78, 5) is 26.5. The summed E-state index contributed by atoms with van der Waals surface area (Å²) in [7, 11) is 0. The van der Waals surface area contributed by atoms with Crippen LogP contribution in [0.3, 0.4) is 0 Å². The number of hydrogen-bond donors (Lipinski definition) is 0. The Morgan fingerprint density at radius 1 is 1.24 bits per heavy atom. The normalized spacial score (nSPS) is 12.8. The van der Waals surface area contributed by atoms with Gasteiger partial charge in [0.15, 0.2) is 3.79 Å². The molecule has 0 unspecified atom stereocenters. The van der Waals surface area contributed by atoms with Gasteiger partial charge in [0.25, 0.3) is 0 Å². The first kappa shape index (κ1) is 16.5. The standard InChI is InChI=1S/C12H20INO3/c1-11(2,3)17-9(15)8-14-7-6-12(4,5)10(13)16/h7H,6,8H2,1-5H3/b14-7+. The molecule has 0 heterocycles. The predicted molar refractivity (Wildman–Crippen MR) is 76.6 cm³/mol. The van der Waals surface area contributed by atoms with Gasteiger partial charge in [0.2, 0.25) is 0 Å². The zero-order valence-corrected chi connectivity index (χ0v) is 13.2. The van der Waals surface area contributed by atoms with Crippen molar-refractivity contribution in [3.05, 3.63) is 0 Å². The maximum Gasteiger partial charge on any atom is 0.328 e. The molecule has 0 bridgehead atoms. The van der Waals surface area contributed by atoms with Gasteiger partial charge in [-0.2, -0.15) is 0 Å². The summed E-state index contributed by atoms with van der Waals surface area (Å²) in [6.07, 6.45) is 2.14. The van der Waals surface area contributed by atoms with E-state index in [1.165, 1.54) is 0 Å². The van der Waals surface area contributed by atoms with Gasteiger partial charge in [-0.3, -0.25) is 14.6 Å². The van der Waals surface area contributed by atoms with Crippen molar-refractivity contribution in [2.24, 2.45) is 10.4 Å². The Labute approximate surface area is 116 Å². The summed E-state index contributed by atoms with van der Waals surface area (Å²) < 4.78 is 5.18. The van der Waals surface area contributed by atoms with E-state index >= 15 is 0 Å². The lowest BCUT2D eigenvalue weighted by Gasteiger charge is -2.19. The molecule has 0 rings (SSSR count). The van der Waals surface area contributed by atoms with Gasteiger partial charge in [0.05, 0.1) is 0 Å². The summed E-state index contributed by atoms with van der Waals surface area (Å²) in [5.41, 5.74) is -0.915. The molecule has 0 aliphatic rings. The minimum absolute atomic E-state index is 0.00276. The van der Waals surface area contributed by atoms with Crippen LogP contribution in [0.1, 0.15) is 41.0 Å². The molecular formula is C12H20INO3. The molecule has 0 radical (unpaired) electrons. The van der Waals surface area contributed by atoms with Crippen LogP contribution >= 0.6 is 22.6 Å². The number of nitrogens with zero attached hydrogens (tertiary/aromatic N) is 1. The summed E-state index contributed by atoms with van der Waals surface area (Å²) in [5.74, 6) is -0.354. The van der Waals surface area contributed by atoms with E-state index in [2.05, 4.69) is 4.99 Å². The van der Waals surface area contributed by atoms with Crippen molar-refractivity contribution >= 4 is 38.6 Å². The third-order valence-electron chi connectivity index (χ3n) is 1.90. The molecule has 0 saturated heterocycles. The van der Waals surface area contributed by atoms with E-state index in [4.69, 9.17) is 4.74 Å². The van der Waals surface area contributed by atoms with Crippen LogP contribution in [-0.4, -0.2) is 28.1 Å². The number of aliphatic imine (C=N–C) groups is 1. The fourth-order valence-electron chi connectivity index (χ4n) is 0.886. The molecule has 98 valence electrons. The van der Waals surface area contributed by atoms with Crippen LogP contribution < -0.4 is 0 Å². The number of carbonyl (C=O) groups is 2. The number of esters is 1. The molecule has 0 saturated carbocycles. The summed E-state index contributed by atoms with van der Waals surface area (Å²) in [5, 5.41) is 0. The van der Waals surface area contributed by atoms with Crippen LogP contribution in [0.25, 0.3) is 0 Å². The number of halogens is 1. The van der Waals surface area contributed by atoms with E-state index in [1.807, 2.05) is 34.6 Å². The molecule has 0 atom stereocenters. The Kier molecular flexibility index (Phi) is 6.29. The Balaban J connectivity index is 4.06. The van der Waals surface area contributed by atoms with Crippen molar-refractivity contribution < 1.29 is 14.3 Å². The van der Waals surface area contributed by atoms with Crippen LogP contribution in [0.15, 0.2) is 4.99 Å². The Bertz CT molecular complexity index is 316. The lowest BCUT2D eigenvalue weighted by Crippen LogP contribution is -2.25. The second-order valence-corrected chi connectivity index (χ2v) is 6.45. The lowest BCUT2D eigenvalue weighted by atomic mass is 9.92. The van der Waals surface area contributed by atoms with Crippen molar-refractivity contribution in [3.8, 4) is 0 Å². The van der Waals surface area contributed by atoms with Crippen molar-refractivity contribution in [1.82, 2.24) is 0 Å². The van der Waals surface area contributed by atoms with Gasteiger partial charge in [-0.15, -0.1) is 0 Å². The van der Waals surface area contributed by atoms with Crippen molar-refractivity contribution in [3.63, 3.8) is 0 Å². The molecule has 0 aromatic carbocycles. The molecule has 0 aliphatic carbocycles. The lowest BCUT2D eigenvalue weighted by molar-refractivity contribution is -0.152. The zero-order valence-electron chi connectivity index (χ0n) is 11.0. The molecule has 0 amide bonds. The first-order valence-electron chi connectivity index (χ1n) is 5.45. The second kappa shape index (κ2) is 6.47. The number of rotatable bonds is 5. The Morgan fingerprint density at radius 3 is 2.18 bits per heavy atom. The van der Waals surface area contributed by atoms with E-state index in [-0.39, 0.29) is 16.3 Å². The molecule has 4 nitrogen and oxygen atoms in total. The van der Waals surface area contributed by atoms with Gasteiger partial charge < -0.3 is 4.74 Å². The fraction of sp³-hybridized carbons (Fsp3) is 0.750. The molecule has 0 aliphatic heterocycles. The van der Waals surface area contributed by atoms with E-state index in [0.29, 0.717) is 6.42 Å². The number of ether oxygens (including phenoxy) is 1.